The summed E-state index contributed by atoms with van der Waals surface area (Å²) in [5, 5.41) is 17.6. The Hall–Kier alpha value is -2.71. The second kappa shape index (κ2) is 7.03. The molecule has 6 nitrogen and oxygen atoms in total. The quantitative estimate of drug-likeness (QED) is 0.633. The molecule has 0 radical (unpaired) electrons. The summed E-state index contributed by atoms with van der Waals surface area (Å²) in [7, 11) is 0. The van der Waals surface area contributed by atoms with Crippen LogP contribution in [0.25, 0.3) is 11.4 Å². The van der Waals surface area contributed by atoms with E-state index in [2.05, 4.69) is 10.2 Å². The standard InChI is InChI=1S/C18H12Cl2F2N4O2/c19-12-4-3-11(15(20)16(12)22)18(28)25-5-6-26-14(8-25)23-24-17(26)10-2-1-9(21)7-13(10)27/h1-4,7,27H,5-6,8H2. The van der Waals surface area contributed by atoms with E-state index < -0.39 is 17.5 Å². The Balaban J connectivity index is 1.62. The van der Waals surface area contributed by atoms with Gasteiger partial charge in [-0.25, -0.2) is 8.78 Å². The number of benzene rings is 2. The summed E-state index contributed by atoms with van der Waals surface area (Å²) in [5.74, 6) is -1.27. The van der Waals surface area contributed by atoms with Crippen LogP contribution in [0, 0.1) is 11.6 Å². The number of aromatic hydroxyl groups is 1. The molecule has 2 heterocycles. The maximum Gasteiger partial charge on any atom is 0.255 e. The van der Waals surface area contributed by atoms with E-state index in [0.717, 1.165) is 6.07 Å². The van der Waals surface area contributed by atoms with E-state index in [4.69, 9.17) is 23.2 Å². The molecule has 144 valence electrons. The van der Waals surface area contributed by atoms with Crippen LogP contribution in [0.4, 0.5) is 8.78 Å². The van der Waals surface area contributed by atoms with Gasteiger partial charge in [0.1, 0.15) is 11.6 Å². The van der Waals surface area contributed by atoms with Gasteiger partial charge in [0.25, 0.3) is 5.91 Å². The molecule has 0 fully saturated rings. The van der Waals surface area contributed by atoms with Crippen molar-refractivity contribution in [1.29, 1.82) is 0 Å². The van der Waals surface area contributed by atoms with E-state index >= 15 is 0 Å². The number of carbonyl (C=O) groups is 1. The fourth-order valence-corrected chi connectivity index (χ4v) is 3.54. The molecule has 0 atom stereocenters. The molecule has 3 aromatic rings. The topological polar surface area (TPSA) is 71.2 Å². The fraction of sp³-hybridized carbons (Fsp3) is 0.167. The van der Waals surface area contributed by atoms with Crippen LogP contribution in [-0.2, 0) is 13.1 Å². The molecular weight excluding hydrogens is 413 g/mol. The van der Waals surface area contributed by atoms with Crippen molar-refractivity contribution in [3.05, 3.63) is 63.4 Å². The van der Waals surface area contributed by atoms with Crippen molar-refractivity contribution in [2.45, 2.75) is 13.1 Å². The van der Waals surface area contributed by atoms with Crippen molar-refractivity contribution in [2.75, 3.05) is 6.54 Å². The van der Waals surface area contributed by atoms with Gasteiger partial charge in [-0.3, -0.25) is 4.79 Å². The molecular formula is C18H12Cl2F2N4O2. The Morgan fingerprint density at radius 2 is 1.89 bits per heavy atom. The van der Waals surface area contributed by atoms with Gasteiger partial charge < -0.3 is 14.6 Å². The fourth-order valence-electron chi connectivity index (χ4n) is 3.09. The highest BCUT2D eigenvalue weighted by molar-refractivity contribution is 6.37. The smallest absolute Gasteiger partial charge is 0.255 e. The number of aromatic nitrogens is 3. The highest BCUT2D eigenvalue weighted by Crippen LogP contribution is 2.31. The van der Waals surface area contributed by atoms with Crippen LogP contribution in [0.3, 0.4) is 0 Å². The SMILES string of the molecule is O=C(c1ccc(Cl)c(F)c1Cl)N1CCn2c(nnc2-c2ccc(F)cc2O)C1. The van der Waals surface area contributed by atoms with Crippen LogP contribution in [0.15, 0.2) is 30.3 Å². The average Bonchev–Trinajstić information content (AvgIpc) is 3.09. The van der Waals surface area contributed by atoms with E-state index in [1.54, 1.807) is 4.57 Å². The molecule has 1 amide bonds. The molecule has 0 bridgehead atoms. The van der Waals surface area contributed by atoms with Gasteiger partial charge in [-0.2, -0.15) is 0 Å². The Labute approximate surface area is 167 Å². The molecule has 28 heavy (non-hydrogen) atoms. The summed E-state index contributed by atoms with van der Waals surface area (Å²) < 4.78 is 28.9. The van der Waals surface area contributed by atoms with Crippen LogP contribution in [-0.4, -0.2) is 37.2 Å². The van der Waals surface area contributed by atoms with Crippen molar-refractivity contribution in [3.8, 4) is 17.1 Å². The van der Waals surface area contributed by atoms with Gasteiger partial charge in [0.05, 0.1) is 27.7 Å². The zero-order valence-corrected chi connectivity index (χ0v) is 15.7. The van der Waals surface area contributed by atoms with Gasteiger partial charge in [0, 0.05) is 19.2 Å². The molecule has 1 aliphatic heterocycles. The number of carbonyl (C=O) groups excluding carboxylic acids is 1. The molecule has 0 unspecified atom stereocenters. The minimum Gasteiger partial charge on any atom is -0.507 e. The van der Waals surface area contributed by atoms with Crippen molar-refractivity contribution < 1.29 is 18.7 Å². The molecule has 10 heteroatoms. The Kier molecular flexibility index (Phi) is 4.68. The lowest BCUT2D eigenvalue weighted by molar-refractivity contribution is 0.0707. The number of hydrogen-bond acceptors (Lipinski definition) is 4. The summed E-state index contributed by atoms with van der Waals surface area (Å²) in [6.45, 7) is 0.752. The summed E-state index contributed by atoms with van der Waals surface area (Å²) in [4.78, 5) is 14.2. The number of phenols is 1. The van der Waals surface area contributed by atoms with Crippen molar-refractivity contribution in [2.24, 2.45) is 0 Å². The van der Waals surface area contributed by atoms with Gasteiger partial charge in [-0.1, -0.05) is 23.2 Å². The second-order valence-corrected chi connectivity index (χ2v) is 6.99. The Bertz CT molecular complexity index is 1100. The van der Waals surface area contributed by atoms with Gasteiger partial charge in [-0.05, 0) is 24.3 Å². The predicted octanol–water partition coefficient (Wildman–Crippen LogP) is 3.89. The first kappa shape index (κ1) is 18.6. The number of halogens is 4. The Morgan fingerprint density at radius 3 is 2.64 bits per heavy atom. The number of hydrogen-bond donors (Lipinski definition) is 1. The first-order valence-electron chi connectivity index (χ1n) is 8.20. The molecule has 0 aliphatic carbocycles. The van der Waals surface area contributed by atoms with Crippen LogP contribution in [0.1, 0.15) is 16.2 Å². The van der Waals surface area contributed by atoms with E-state index in [9.17, 15) is 18.7 Å². The molecule has 0 saturated carbocycles. The number of rotatable bonds is 2. The van der Waals surface area contributed by atoms with E-state index in [1.807, 2.05) is 0 Å². The molecule has 0 saturated heterocycles. The lowest BCUT2D eigenvalue weighted by Crippen LogP contribution is -2.38. The Morgan fingerprint density at radius 1 is 1.11 bits per heavy atom. The summed E-state index contributed by atoms with van der Waals surface area (Å²) in [6.07, 6.45) is 0. The van der Waals surface area contributed by atoms with Crippen molar-refractivity contribution >= 4 is 29.1 Å². The lowest BCUT2D eigenvalue weighted by atomic mass is 10.1. The first-order valence-corrected chi connectivity index (χ1v) is 8.96. The number of nitrogens with zero attached hydrogens (tertiary/aromatic N) is 4. The van der Waals surface area contributed by atoms with E-state index in [-0.39, 0.29) is 27.9 Å². The van der Waals surface area contributed by atoms with Gasteiger partial charge in [0.2, 0.25) is 0 Å². The maximum absolute atomic E-state index is 13.9. The maximum atomic E-state index is 13.9. The average molecular weight is 425 g/mol. The largest absolute Gasteiger partial charge is 0.507 e. The second-order valence-electron chi connectivity index (χ2n) is 6.20. The normalized spacial score (nSPS) is 13.5. The molecule has 1 aromatic heterocycles. The third-order valence-electron chi connectivity index (χ3n) is 4.51. The minimum absolute atomic E-state index is 0.00735. The van der Waals surface area contributed by atoms with E-state index in [0.29, 0.717) is 30.3 Å². The summed E-state index contributed by atoms with van der Waals surface area (Å²) in [5.41, 5.74) is 0.343. The van der Waals surface area contributed by atoms with Crippen LogP contribution >= 0.6 is 23.2 Å². The van der Waals surface area contributed by atoms with E-state index in [1.165, 1.54) is 29.2 Å². The number of amides is 1. The zero-order valence-electron chi connectivity index (χ0n) is 14.2. The molecule has 1 N–H and O–H groups in total. The summed E-state index contributed by atoms with van der Waals surface area (Å²) in [6, 6.07) is 6.27. The third-order valence-corrected chi connectivity index (χ3v) is 5.17. The minimum atomic E-state index is -0.844. The highest BCUT2D eigenvalue weighted by Gasteiger charge is 2.28. The highest BCUT2D eigenvalue weighted by atomic mass is 35.5. The zero-order chi connectivity index (χ0) is 20.0. The first-order chi connectivity index (χ1) is 13.4. The van der Waals surface area contributed by atoms with Crippen LogP contribution < -0.4 is 0 Å². The van der Waals surface area contributed by atoms with Gasteiger partial charge in [-0.15, -0.1) is 10.2 Å². The predicted molar refractivity (Wildman–Crippen MR) is 98.2 cm³/mol. The lowest BCUT2D eigenvalue weighted by Gasteiger charge is -2.28. The monoisotopic (exact) mass is 424 g/mol. The van der Waals surface area contributed by atoms with Crippen molar-refractivity contribution in [1.82, 2.24) is 19.7 Å². The van der Waals surface area contributed by atoms with Gasteiger partial charge >= 0.3 is 0 Å². The molecule has 2 aromatic carbocycles. The number of fused-ring (bicyclic) bond motifs is 1. The van der Waals surface area contributed by atoms with Crippen molar-refractivity contribution in [3.63, 3.8) is 0 Å². The molecule has 4 rings (SSSR count). The summed E-state index contributed by atoms with van der Waals surface area (Å²) >= 11 is 11.6. The number of phenolic OH excluding ortho intramolecular Hbond substituents is 1. The van der Waals surface area contributed by atoms with Crippen LogP contribution in [0.5, 0.6) is 5.75 Å². The van der Waals surface area contributed by atoms with Gasteiger partial charge in [0.15, 0.2) is 17.5 Å². The third kappa shape index (κ3) is 3.08. The molecule has 0 spiro atoms. The molecule has 1 aliphatic rings. The van der Waals surface area contributed by atoms with Crippen LogP contribution in [0.2, 0.25) is 10.0 Å².